The number of aromatic nitrogens is 6. The van der Waals surface area contributed by atoms with E-state index in [1.54, 1.807) is 24.1 Å². The first-order chi connectivity index (χ1) is 25.2. The van der Waals surface area contributed by atoms with Gasteiger partial charge in [0.25, 0.3) is 5.91 Å². The minimum absolute atomic E-state index is 0.0743. The molecule has 3 aromatic heterocycles. The highest BCUT2D eigenvalue weighted by Crippen LogP contribution is 2.41. The van der Waals surface area contributed by atoms with Gasteiger partial charge in [-0.3, -0.25) is 24.7 Å². The number of anilines is 1. The summed E-state index contributed by atoms with van der Waals surface area (Å²) in [6, 6.07) is 7.40. The monoisotopic (exact) mass is 719 g/mol. The summed E-state index contributed by atoms with van der Waals surface area (Å²) in [5.74, 6) is 5.52. The van der Waals surface area contributed by atoms with Gasteiger partial charge in [0.15, 0.2) is 5.82 Å². The van der Waals surface area contributed by atoms with Crippen molar-refractivity contribution >= 4 is 17.8 Å². The van der Waals surface area contributed by atoms with Gasteiger partial charge in [-0.25, -0.2) is 19.7 Å². The fourth-order valence-electron chi connectivity index (χ4n) is 6.53. The van der Waals surface area contributed by atoms with Crippen LogP contribution in [-0.2, 0) is 4.74 Å². The molecule has 13 nitrogen and oxygen atoms in total. The molecule has 2 N–H and O–H groups in total. The highest BCUT2D eigenvalue weighted by atomic mass is 16.6. The average Bonchev–Trinajstić information content (AvgIpc) is 3.87. The van der Waals surface area contributed by atoms with Gasteiger partial charge >= 0.3 is 6.09 Å². The Morgan fingerprint density at radius 2 is 1.83 bits per heavy atom. The van der Waals surface area contributed by atoms with Gasteiger partial charge < -0.3 is 14.8 Å². The van der Waals surface area contributed by atoms with Crippen LogP contribution in [0.3, 0.4) is 0 Å². The maximum Gasteiger partial charge on any atom is 0.411 e. The SMILES string of the molecule is C#C[C@@H]1CN(CC(C)[C@@H](Oc2cc(C)c(C(=O)Nc3nc(C)ncc3C)cc2-c2n[nH]c(C)n2)c2ccc(C3CC3)cn2)CCN1C(=O)OC(C)(C)C. The van der Waals surface area contributed by atoms with Crippen LogP contribution in [-0.4, -0.2) is 89.8 Å². The van der Waals surface area contributed by atoms with E-state index < -0.39 is 23.8 Å². The van der Waals surface area contributed by atoms with E-state index in [-0.39, 0.29) is 11.8 Å². The fraction of sp³-hybridized carbons (Fsp3) is 0.475. The van der Waals surface area contributed by atoms with Crippen LogP contribution in [0.4, 0.5) is 10.6 Å². The van der Waals surface area contributed by atoms with Crippen molar-refractivity contribution in [2.75, 3.05) is 31.5 Å². The maximum atomic E-state index is 13.7. The van der Waals surface area contributed by atoms with Gasteiger partial charge in [-0.1, -0.05) is 18.9 Å². The van der Waals surface area contributed by atoms with E-state index >= 15 is 0 Å². The second kappa shape index (κ2) is 15.3. The Balaban J connectivity index is 1.30. The van der Waals surface area contributed by atoms with Crippen molar-refractivity contribution in [2.24, 2.45) is 5.92 Å². The molecular weight excluding hydrogens is 670 g/mol. The lowest BCUT2D eigenvalue weighted by molar-refractivity contribution is 0.00248. The molecule has 4 heterocycles. The third-order valence-electron chi connectivity index (χ3n) is 9.48. The van der Waals surface area contributed by atoms with Gasteiger partial charge in [0.2, 0.25) is 0 Å². The second-order valence-electron chi connectivity index (χ2n) is 15.2. The quantitative estimate of drug-likeness (QED) is 0.178. The van der Waals surface area contributed by atoms with Crippen LogP contribution in [0, 0.1) is 46.0 Å². The van der Waals surface area contributed by atoms with E-state index in [4.69, 9.17) is 20.9 Å². The zero-order valence-electron chi connectivity index (χ0n) is 31.9. The van der Waals surface area contributed by atoms with Crippen molar-refractivity contribution in [3.8, 4) is 29.5 Å². The number of aromatic amines is 1. The Morgan fingerprint density at radius 3 is 2.47 bits per heavy atom. The zero-order chi connectivity index (χ0) is 38.0. The van der Waals surface area contributed by atoms with E-state index in [1.807, 2.05) is 53.8 Å². The molecule has 0 spiro atoms. The smallest absolute Gasteiger partial charge is 0.411 e. The van der Waals surface area contributed by atoms with E-state index in [0.717, 1.165) is 11.3 Å². The summed E-state index contributed by atoms with van der Waals surface area (Å²) in [4.78, 5) is 48.8. The summed E-state index contributed by atoms with van der Waals surface area (Å²) in [7, 11) is 0. The molecule has 1 saturated carbocycles. The number of hydrogen-bond donors (Lipinski definition) is 2. The minimum Gasteiger partial charge on any atom is -0.483 e. The molecule has 2 aliphatic rings. The van der Waals surface area contributed by atoms with Crippen LogP contribution < -0.4 is 10.1 Å². The number of aryl methyl sites for hydroxylation is 4. The van der Waals surface area contributed by atoms with Gasteiger partial charge in [-0.05, 0) is 96.6 Å². The first kappa shape index (κ1) is 37.4. The molecule has 2 fully saturated rings. The van der Waals surface area contributed by atoms with Gasteiger partial charge in [0, 0.05) is 55.6 Å². The normalized spacial score (nSPS) is 17.5. The summed E-state index contributed by atoms with van der Waals surface area (Å²) in [6.07, 6.45) is 11.1. The largest absolute Gasteiger partial charge is 0.483 e. The first-order valence-electron chi connectivity index (χ1n) is 18.1. The Hall–Kier alpha value is -5.35. The van der Waals surface area contributed by atoms with E-state index in [0.29, 0.717) is 77.8 Å². The molecule has 0 bridgehead atoms. The molecule has 53 heavy (non-hydrogen) atoms. The van der Waals surface area contributed by atoms with Crippen LogP contribution in [0.25, 0.3) is 11.4 Å². The molecule has 2 amide bonds. The number of H-pyrrole nitrogens is 1. The Labute approximate surface area is 311 Å². The van der Waals surface area contributed by atoms with Crippen LogP contribution in [0.1, 0.15) is 96.9 Å². The van der Waals surface area contributed by atoms with Crippen molar-refractivity contribution in [3.05, 3.63) is 76.3 Å². The third-order valence-corrected chi connectivity index (χ3v) is 9.48. The van der Waals surface area contributed by atoms with Crippen LogP contribution in [0.2, 0.25) is 0 Å². The molecular formula is C40H49N9O4. The number of benzene rings is 1. The topological polar surface area (TPSA) is 151 Å². The van der Waals surface area contributed by atoms with Crippen molar-refractivity contribution in [3.63, 3.8) is 0 Å². The maximum absolute atomic E-state index is 13.7. The van der Waals surface area contributed by atoms with Gasteiger partial charge in [0.05, 0.1) is 11.3 Å². The van der Waals surface area contributed by atoms with Crippen molar-refractivity contribution < 1.29 is 19.1 Å². The number of pyridine rings is 1. The highest BCUT2D eigenvalue weighted by Gasteiger charge is 2.35. The molecule has 1 saturated heterocycles. The number of nitrogens with zero attached hydrogens (tertiary/aromatic N) is 7. The number of piperazine rings is 1. The summed E-state index contributed by atoms with van der Waals surface area (Å²) in [5.41, 5.74) is 3.85. The van der Waals surface area contributed by atoms with Gasteiger partial charge in [-0.2, -0.15) is 5.10 Å². The number of hydrogen-bond acceptors (Lipinski definition) is 10. The average molecular weight is 720 g/mol. The zero-order valence-corrected chi connectivity index (χ0v) is 31.9. The van der Waals surface area contributed by atoms with E-state index in [9.17, 15) is 9.59 Å². The van der Waals surface area contributed by atoms with Crippen LogP contribution in [0.15, 0.2) is 36.7 Å². The van der Waals surface area contributed by atoms with E-state index in [1.165, 1.54) is 18.4 Å². The number of terminal acetylenes is 1. The van der Waals surface area contributed by atoms with Gasteiger partial charge in [-0.15, -0.1) is 6.42 Å². The Bertz CT molecular complexity index is 2010. The third kappa shape index (κ3) is 9.00. The van der Waals surface area contributed by atoms with Crippen LogP contribution >= 0.6 is 0 Å². The predicted octanol–water partition coefficient (Wildman–Crippen LogP) is 6.33. The molecule has 278 valence electrons. The number of rotatable bonds is 10. The molecule has 0 radical (unpaired) electrons. The summed E-state index contributed by atoms with van der Waals surface area (Å²) in [5, 5.41) is 10.3. The second-order valence-corrected chi connectivity index (χ2v) is 15.2. The lowest BCUT2D eigenvalue weighted by Gasteiger charge is -2.41. The molecule has 1 aliphatic heterocycles. The summed E-state index contributed by atoms with van der Waals surface area (Å²) < 4.78 is 12.6. The standard InChI is InChI=1S/C40H49N9O4/c1-10-30-22-48(15-16-49(30)39(51)53-40(7,8)9)21-25(4)35(33-14-13-29(20-42-33)28-11-12-28)52-34-17-23(2)31(18-32(34)37-44-27(6)46-47-37)38(50)45-36-24(3)19-41-26(5)43-36/h1,13-14,17-20,25,28,30,35H,11-12,15-16,21-22H2,2-9H3,(H,44,46,47)(H,41,43,45,50)/t25?,30-,35-/m1/s1. The summed E-state index contributed by atoms with van der Waals surface area (Å²) >= 11 is 0. The van der Waals surface area contributed by atoms with Crippen LogP contribution in [0.5, 0.6) is 5.75 Å². The molecule has 13 heteroatoms. The molecule has 1 aromatic carbocycles. The number of ether oxygens (including phenoxy) is 2. The lowest BCUT2D eigenvalue weighted by atomic mass is 9.97. The fourth-order valence-corrected chi connectivity index (χ4v) is 6.53. The Morgan fingerprint density at radius 1 is 1.06 bits per heavy atom. The van der Waals surface area contributed by atoms with Crippen molar-refractivity contribution in [1.29, 1.82) is 0 Å². The molecule has 3 atom stereocenters. The van der Waals surface area contributed by atoms with Gasteiger partial charge in [0.1, 0.15) is 41.0 Å². The number of nitrogens with one attached hydrogen (secondary N) is 2. The highest BCUT2D eigenvalue weighted by molar-refractivity contribution is 6.06. The lowest BCUT2D eigenvalue weighted by Crippen LogP contribution is -2.56. The van der Waals surface area contributed by atoms with Crippen molar-refractivity contribution in [2.45, 2.75) is 91.9 Å². The van der Waals surface area contributed by atoms with Crippen molar-refractivity contribution in [1.82, 2.24) is 39.9 Å². The predicted molar refractivity (Wildman–Crippen MR) is 201 cm³/mol. The first-order valence-corrected chi connectivity index (χ1v) is 18.1. The Kier molecular flexibility index (Phi) is 10.8. The molecule has 1 aliphatic carbocycles. The molecule has 6 rings (SSSR count). The summed E-state index contributed by atoms with van der Waals surface area (Å²) in [6.45, 7) is 17.2. The number of carbonyl (C=O) groups excluding carboxylic acids is 2. The molecule has 1 unspecified atom stereocenters. The molecule has 4 aromatic rings. The minimum atomic E-state index is -0.618. The number of carbonyl (C=O) groups is 2. The van der Waals surface area contributed by atoms with E-state index in [2.05, 4.69) is 60.3 Å². The number of amides is 2.